The highest BCUT2D eigenvalue weighted by molar-refractivity contribution is 8.04. The second-order valence-electron chi connectivity index (χ2n) is 6.27. The molecule has 1 aromatic heterocycles. The maximum absolute atomic E-state index is 14.5. The summed E-state index contributed by atoms with van der Waals surface area (Å²) in [6.45, 7) is 8.22. The van der Waals surface area contributed by atoms with Crippen molar-refractivity contribution in [2.45, 2.75) is 45.7 Å². The molecule has 0 saturated heterocycles. The van der Waals surface area contributed by atoms with E-state index in [0.717, 1.165) is 37.9 Å². The van der Waals surface area contributed by atoms with Crippen LogP contribution in [0.4, 0.5) is 17.6 Å². The predicted octanol–water partition coefficient (Wildman–Crippen LogP) is 5.27. The molecule has 0 unspecified atom stereocenters. The van der Waals surface area contributed by atoms with Gasteiger partial charge in [0.1, 0.15) is 11.5 Å². The van der Waals surface area contributed by atoms with Crippen LogP contribution in [0.2, 0.25) is 5.02 Å². The summed E-state index contributed by atoms with van der Waals surface area (Å²) >= 11 is 6.88. The molecule has 2 rings (SSSR count). The molecule has 0 fully saturated rings. The number of allylic oxidation sites excluding steroid dienone is 2. The van der Waals surface area contributed by atoms with Crippen molar-refractivity contribution in [2.75, 3.05) is 0 Å². The standard InChI is InChI=1S/C18H15ClF4N2O3S.C2H6/c1-8(2)14(7-26)29-13-6-12(11(20)5-10(13)19)25-16(27)9(3)15(18(21,22)23)24(4)17(25)28;1-2/h5-7H,1-4H3;1-2H3. The second kappa shape index (κ2) is 10.3. The SMILES string of the molecule is CC.CC(C)=C(C=O)Sc1cc(-n2c(=O)c(C)c(C(F)(F)F)n(C)c2=O)c(F)cc1Cl. The van der Waals surface area contributed by atoms with Crippen molar-refractivity contribution in [3.63, 3.8) is 0 Å². The minimum absolute atomic E-state index is 0.0923. The fraction of sp³-hybridized carbons (Fsp3) is 0.350. The first-order valence-electron chi connectivity index (χ1n) is 9.01. The number of benzene rings is 1. The van der Waals surface area contributed by atoms with Gasteiger partial charge in [-0.2, -0.15) is 13.2 Å². The highest BCUT2D eigenvalue weighted by Gasteiger charge is 2.38. The van der Waals surface area contributed by atoms with E-state index in [9.17, 15) is 31.9 Å². The number of aromatic nitrogens is 2. The Kier molecular flexibility index (Phi) is 8.89. The molecule has 0 atom stereocenters. The first kappa shape index (κ1) is 26.7. The van der Waals surface area contributed by atoms with Crippen LogP contribution in [0.25, 0.3) is 5.69 Å². The van der Waals surface area contributed by atoms with E-state index in [0.29, 0.717) is 16.4 Å². The van der Waals surface area contributed by atoms with Crippen molar-refractivity contribution < 1.29 is 22.4 Å². The summed E-state index contributed by atoms with van der Waals surface area (Å²) in [5.74, 6) is -1.08. The molecular weight excluding hydrogens is 460 g/mol. The van der Waals surface area contributed by atoms with Gasteiger partial charge in [0.05, 0.1) is 15.6 Å². The third-order valence-corrected chi connectivity index (χ3v) is 5.73. The van der Waals surface area contributed by atoms with Crippen LogP contribution in [-0.2, 0) is 18.0 Å². The molecule has 11 heteroatoms. The maximum atomic E-state index is 14.5. The summed E-state index contributed by atoms with van der Waals surface area (Å²) in [4.78, 5) is 36.6. The van der Waals surface area contributed by atoms with Gasteiger partial charge < -0.3 is 0 Å². The number of thioether (sulfide) groups is 1. The van der Waals surface area contributed by atoms with Gasteiger partial charge >= 0.3 is 11.9 Å². The van der Waals surface area contributed by atoms with Crippen LogP contribution in [0.15, 0.2) is 37.1 Å². The van der Waals surface area contributed by atoms with E-state index in [1.54, 1.807) is 13.8 Å². The molecule has 0 saturated carbocycles. The molecule has 2 aromatic rings. The lowest BCUT2D eigenvalue weighted by molar-refractivity contribution is -0.144. The number of alkyl halides is 3. The van der Waals surface area contributed by atoms with Gasteiger partial charge in [0.25, 0.3) is 5.56 Å². The van der Waals surface area contributed by atoms with Gasteiger partial charge in [0.2, 0.25) is 0 Å². The third-order valence-electron chi connectivity index (χ3n) is 4.02. The molecule has 0 aliphatic carbocycles. The lowest BCUT2D eigenvalue weighted by Crippen LogP contribution is -2.43. The number of aldehydes is 1. The van der Waals surface area contributed by atoms with E-state index in [-0.39, 0.29) is 19.4 Å². The normalized spacial score (nSPS) is 10.9. The van der Waals surface area contributed by atoms with E-state index < -0.39 is 40.2 Å². The van der Waals surface area contributed by atoms with Gasteiger partial charge in [0, 0.05) is 17.5 Å². The van der Waals surface area contributed by atoms with E-state index >= 15 is 0 Å². The molecule has 5 nitrogen and oxygen atoms in total. The summed E-state index contributed by atoms with van der Waals surface area (Å²) in [5.41, 5.74) is -4.79. The zero-order chi connectivity index (χ0) is 24.3. The minimum atomic E-state index is -4.95. The molecule has 0 spiro atoms. The quantitative estimate of drug-likeness (QED) is 0.259. The largest absolute Gasteiger partial charge is 0.432 e. The zero-order valence-electron chi connectivity index (χ0n) is 17.6. The third kappa shape index (κ3) is 5.48. The predicted molar refractivity (Wildman–Crippen MR) is 114 cm³/mol. The van der Waals surface area contributed by atoms with Crippen molar-refractivity contribution in [3.05, 3.63) is 65.5 Å². The van der Waals surface area contributed by atoms with Crippen LogP contribution in [0, 0.1) is 12.7 Å². The van der Waals surface area contributed by atoms with Crippen LogP contribution < -0.4 is 11.2 Å². The molecule has 0 amide bonds. The Hall–Kier alpha value is -2.33. The van der Waals surface area contributed by atoms with Gasteiger partial charge in [0.15, 0.2) is 6.29 Å². The van der Waals surface area contributed by atoms with Crippen molar-refractivity contribution in [2.24, 2.45) is 7.05 Å². The zero-order valence-corrected chi connectivity index (χ0v) is 19.2. The Balaban J connectivity index is 0.00000233. The highest BCUT2D eigenvalue weighted by atomic mass is 35.5. The topological polar surface area (TPSA) is 61.1 Å². The molecule has 0 bridgehead atoms. The number of carbonyl (C=O) groups is 1. The van der Waals surface area contributed by atoms with Crippen LogP contribution in [-0.4, -0.2) is 15.4 Å². The number of hydrogen-bond acceptors (Lipinski definition) is 4. The average molecular weight is 481 g/mol. The number of rotatable bonds is 4. The highest BCUT2D eigenvalue weighted by Crippen LogP contribution is 2.36. The summed E-state index contributed by atoms with van der Waals surface area (Å²) in [6, 6.07) is 1.87. The fourth-order valence-corrected chi connectivity index (χ4v) is 3.68. The maximum Gasteiger partial charge on any atom is 0.432 e. The summed E-state index contributed by atoms with van der Waals surface area (Å²) < 4.78 is 54.7. The number of carbonyl (C=O) groups excluding carboxylic acids is 1. The van der Waals surface area contributed by atoms with E-state index in [2.05, 4.69) is 0 Å². The number of hydrogen-bond donors (Lipinski definition) is 0. The molecule has 0 radical (unpaired) electrons. The van der Waals surface area contributed by atoms with Crippen molar-refractivity contribution in [1.82, 2.24) is 9.13 Å². The van der Waals surface area contributed by atoms with Gasteiger partial charge in [-0.25, -0.2) is 13.8 Å². The Morgan fingerprint density at radius 3 is 2.16 bits per heavy atom. The van der Waals surface area contributed by atoms with Crippen LogP contribution in [0.5, 0.6) is 0 Å². The number of nitrogens with zero attached hydrogens (tertiary/aromatic N) is 2. The van der Waals surface area contributed by atoms with Crippen LogP contribution >= 0.6 is 23.4 Å². The van der Waals surface area contributed by atoms with E-state index in [1.807, 2.05) is 13.8 Å². The summed E-state index contributed by atoms with van der Waals surface area (Å²) in [6.07, 6.45) is -4.38. The van der Waals surface area contributed by atoms with Crippen molar-refractivity contribution >= 4 is 29.6 Å². The van der Waals surface area contributed by atoms with Gasteiger partial charge in [-0.05, 0) is 32.9 Å². The first-order chi connectivity index (χ1) is 14.3. The first-order valence-corrected chi connectivity index (χ1v) is 10.2. The monoisotopic (exact) mass is 480 g/mol. The molecule has 170 valence electrons. The molecule has 0 aliphatic heterocycles. The van der Waals surface area contributed by atoms with Gasteiger partial charge in [-0.3, -0.25) is 14.2 Å². The Morgan fingerprint density at radius 1 is 1.16 bits per heavy atom. The molecule has 1 aromatic carbocycles. The smallest absolute Gasteiger partial charge is 0.297 e. The van der Waals surface area contributed by atoms with E-state index in [1.165, 1.54) is 0 Å². The molecule has 0 N–H and O–H groups in total. The van der Waals surface area contributed by atoms with Crippen LogP contribution in [0.3, 0.4) is 0 Å². The van der Waals surface area contributed by atoms with Gasteiger partial charge in [-0.1, -0.05) is 42.8 Å². The average Bonchev–Trinajstić information content (AvgIpc) is 2.67. The minimum Gasteiger partial charge on any atom is -0.297 e. The molecule has 0 aliphatic rings. The molecule has 31 heavy (non-hydrogen) atoms. The summed E-state index contributed by atoms with van der Waals surface area (Å²) in [5, 5.41) is -0.0923. The lowest BCUT2D eigenvalue weighted by atomic mass is 10.2. The lowest BCUT2D eigenvalue weighted by Gasteiger charge is -2.17. The van der Waals surface area contributed by atoms with Gasteiger partial charge in [-0.15, -0.1) is 0 Å². The van der Waals surface area contributed by atoms with Crippen molar-refractivity contribution in [1.29, 1.82) is 0 Å². The second-order valence-corrected chi connectivity index (χ2v) is 7.76. The van der Waals surface area contributed by atoms with Crippen LogP contribution in [0.1, 0.15) is 39.0 Å². The van der Waals surface area contributed by atoms with E-state index in [4.69, 9.17) is 11.6 Å². The Bertz CT molecular complexity index is 1110. The number of halogens is 5. The van der Waals surface area contributed by atoms with Crippen molar-refractivity contribution in [3.8, 4) is 5.69 Å². The Labute approximate surface area is 185 Å². The molecule has 1 heterocycles. The Morgan fingerprint density at radius 2 is 1.71 bits per heavy atom. The molecular formula is C20H21ClF4N2O3S. The fourth-order valence-electron chi connectivity index (χ4n) is 2.60. The summed E-state index contributed by atoms with van der Waals surface area (Å²) in [7, 11) is 0.839.